The zero-order valence-corrected chi connectivity index (χ0v) is 10.5. The Kier molecular flexibility index (Phi) is 3.64. The summed E-state index contributed by atoms with van der Waals surface area (Å²) in [6, 6.07) is 1.62. The molecule has 2 rings (SSSR count). The van der Waals surface area contributed by atoms with Crippen molar-refractivity contribution in [2.75, 3.05) is 13.2 Å². The molecule has 17 heavy (non-hydrogen) atoms. The number of amides is 1. The molecule has 4 nitrogen and oxygen atoms in total. The molecule has 0 bridgehead atoms. The average molecular weight is 255 g/mol. The minimum Gasteiger partial charge on any atom is -0.379 e. The van der Waals surface area contributed by atoms with Crippen molar-refractivity contribution in [1.82, 2.24) is 10.3 Å². The second kappa shape index (κ2) is 5.02. The minimum atomic E-state index is -0.304. The van der Waals surface area contributed by atoms with Gasteiger partial charge < -0.3 is 10.1 Å². The Bertz CT molecular complexity index is 417. The molecule has 0 aliphatic carbocycles. The highest BCUT2D eigenvalue weighted by Crippen LogP contribution is 2.20. The van der Waals surface area contributed by atoms with E-state index < -0.39 is 0 Å². The molecule has 92 valence electrons. The number of ether oxygens (including phenoxy) is 1. The van der Waals surface area contributed by atoms with Crippen molar-refractivity contribution >= 4 is 17.5 Å². The van der Waals surface area contributed by atoms with Crippen molar-refractivity contribution in [2.24, 2.45) is 0 Å². The summed E-state index contributed by atoms with van der Waals surface area (Å²) in [6.07, 6.45) is 4.90. The number of nitrogens with one attached hydrogen (secondary N) is 1. The lowest BCUT2D eigenvalue weighted by atomic mass is 9.94. The summed E-state index contributed by atoms with van der Waals surface area (Å²) in [5.74, 6) is -0.176. The van der Waals surface area contributed by atoms with Gasteiger partial charge in [0.05, 0.1) is 22.7 Å². The number of hydrogen-bond acceptors (Lipinski definition) is 3. The van der Waals surface area contributed by atoms with Crippen LogP contribution in [-0.4, -0.2) is 29.6 Å². The van der Waals surface area contributed by atoms with Crippen LogP contribution in [0, 0.1) is 0 Å². The van der Waals surface area contributed by atoms with Gasteiger partial charge in [-0.05, 0) is 25.8 Å². The Morgan fingerprint density at radius 2 is 2.47 bits per heavy atom. The maximum Gasteiger partial charge on any atom is 0.253 e. The van der Waals surface area contributed by atoms with Gasteiger partial charge in [-0.15, -0.1) is 0 Å². The number of pyridine rings is 1. The summed E-state index contributed by atoms with van der Waals surface area (Å²) >= 11 is 5.93. The van der Waals surface area contributed by atoms with Crippen LogP contribution in [-0.2, 0) is 4.74 Å². The van der Waals surface area contributed by atoms with Crippen molar-refractivity contribution in [2.45, 2.75) is 25.3 Å². The predicted octanol–water partition coefficient (Wildman–Crippen LogP) is 2.03. The zero-order chi connectivity index (χ0) is 12.3. The van der Waals surface area contributed by atoms with Gasteiger partial charge in [-0.3, -0.25) is 9.78 Å². The number of hydrogen-bond donors (Lipinski definition) is 1. The van der Waals surface area contributed by atoms with E-state index in [1.54, 1.807) is 12.3 Å². The number of carbonyl (C=O) groups excluding carboxylic acids is 1. The van der Waals surface area contributed by atoms with E-state index in [-0.39, 0.29) is 11.4 Å². The third-order valence-electron chi connectivity index (χ3n) is 2.87. The molecule has 1 aliphatic heterocycles. The van der Waals surface area contributed by atoms with Gasteiger partial charge in [0.15, 0.2) is 0 Å². The fraction of sp³-hybridized carbons (Fsp3) is 0.500. The molecule has 1 fully saturated rings. The van der Waals surface area contributed by atoms with Crippen LogP contribution >= 0.6 is 11.6 Å². The van der Waals surface area contributed by atoms with E-state index >= 15 is 0 Å². The van der Waals surface area contributed by atoms with Gasteiger partial charge in [-0.25, -0.2) is 0 Å². The molecule has 1 atom stereocenters. The van der Waals surface area contributed by atoms with E-state index in [9.17, 15) is 4.79 Å². The molecular weight excluding hydrogens is 240 g/mol. The Morgan fingerprint density at radius 3 is 3.12 bits per heavy atom. The van der Waals surface area contributed by atoms with Crippen molar-refractivity contribution < 1.29 is 9.53 Å². The van der Waals surface area contributed by atoms with E-state index in [1.807, 2.05) is 6.92 Å². The van der Waals surface area contributed by atoms with Crippen LogP contribution in [0.4, 0.5) is 0 Å². The molecule has 1 unspecified atom stereocenters. The van der Waals surface area contributed by atoms with Crippen LogP contribution in [0.1, 0.15) is 30.1 Å². The smallest absolute Gasteiger partial charge is 0.253 e. The maximum absolute atomic E-state index is 12.1. The standard InChI is InChI=1S/C12H15ClN2O2/c1-12(4-2-6-17-8-12)15-11(16)9-3-5-14-7-10(9)13/h3,5,7H,2,4,6,8H2,1H3,(H,15,16). The van der Waals surface area contributed by atoms with Gasteiger partial charge in [0.2, 0.25) is 0 Å². The lowest BCUT2D eigenvalue weighted by molar-refractivity contribution is 0.0272. The van der Waals surface area contributed by atoms with Crippen LogP contribution in [0.2, 0.25) is 5.02 Å². The van der Waals surface area contributed by atoms with Crippen molar-refractivity contribution in [1.29, 1.82) is 0 Å². The highest BCUT2D eigenvalue weighted by Gasteiger charge is 2.30. The summed E-state index contributed by atoms with van der Waals surface area (Å²) in [5, 5.41) is 3.34. The number of aromatic nitrogens is 1. The average Bonchev–Trinajstić information content (AvgIpc) is 2.29. The molecule has 0 aromatic carbocycles. The Hall–Kier alpha value is -1.13. The topological polar surface area (TPSA) is 51.2 Å². The lowest BCUT2D eigenvalue weighted by Gasteiger charge is -2.34. The van der Waals surface area contributed by atoms with Crippen LogP contribution in [0.3, 0.4) is 0 Å². The first-order chi connectivity index (χ1) is 8.11. The molecule has 0 radical (unpaired) electrons. The summed E-state index contributed by atoms with van der Waals surface area (Å²) in [5.41, 5.74) is 0.149. The number of nitrogens with zero attached hydrogens (tertiary/aromatic N) is 1. The maximum atomic E-state index is 12.1. The number of rotatable bonds is 2. The molecular formula is C12H15ClN2O2. The fourth-order valence-electron chi connectivity index (χ4n) is 1.93. The van der Waals surface area contributed by atoms with Crippen LogP contribution in [0.25, 0.3) is 0 Å². The predicted molar refractivity (Wildman–Crippen MR) is 65.2 cm³/mol. The monoisotopic (exact) mass is 254 g/mol. The first kappa shape index (κ1) is 12.3. The van der Waals surface area contributed by atoms with Gasteiger partial charge in [-0.1, -0.05) is 11.6 Å². The molecule has 0 spiro atoms. The van der Waals surface area contributed by atoms with Gasteiger partial charge in [0, 0.05) is 19.0 Å². The minimum absolute atomic E-state index is 0.176. The summed E-state index contributed by atoms with van der Waals surface area (Å²) in [7, 11) is 0. The van der Waals surface area contributed by atoms with Crippen molar-refractivity contribution in [3.05, 3.63) is 29.0 Å². The van der Waals surface area contributed by atoms with Crippen LogP contribution < -0.4 is 5.32 Å². The summed E-state index contributed by atoms with van der Waals surface area (Å²) in [4.78, 5) is 15.9. The third kappa shape index (κ3) is 2.96. The first-order valence-electron chi connectivity index (χ1n) is 5.60. The largest absolute Gasteiger partial charge is 0.379 e. The SMILES string of the molecule is CC1(NC(=O)c2ccncc2Cl)CCCOC1. The highest BCUT2D eigenvalue weighted by molar-refractivity contribution is 6.33. The normalized spacial score (nSPS) is 24.4. The number of carbonyl (C=O) groups is 1. The van der Waals surface area contributed by atoms with E-state index in [0.29, 0.717) is 17.2 Å². The molecule has 5 heteroatoms. The third-order valence-corrected chi connectivity index (χ3v) is 3.17. The van der Waals surface area contributed by atoms with Crippen molar-refractivity contribution in [3.63, 3.8) is 0 Å². The van der Waals surface area contributed by atoms with Gasteiger partial charge in [0.1, 0.15) is 0 Å². The Balaban J connectivity index is 2.09. The summed E-state index contributed by atoms with van der Waals surface area (Å²) < 4.78 is 5.39. The molecule has 1 amide bonds. The van der Waals surface area contributed by atoms with E-state index in [1.165, 1.54) is 6.20 Å². The van der Waals surface area contributed by atoms with Crippen LogP contribution in [0.5, 0.6) is 0 Å². The fourth-order valence-corrected chi connectivity index (χ4v) is 2.14. The molecule has 0 saturated carbocycles. The van der Waals surface area contributed by atoms with Crippen molar-refractivity contribution in [3.8, 4) is 0 Å². The highest BCUT2D eigenvalue weighted by atomic mass is 35.5. The first-order valence-corrected chi connectivity index (χ1v) is 5.98. The van der Waals surface area contributed by atoms with E-state index in [0.717, 1.165) is 19.4 Å². The second-order valence-corrected chi connectivity index (χ2v) is 4.93. The quantitative estimate of drug-likeness (QED) is 0.879. The van der Waals surface area contributed by atoms with Crippen LogP contribution in [0.15, 0.2) is 18.5 Å². The molecule has 2 heterocycles. The Labute approximate surface area is 105 Å². The van der Waals surface area contributed by atoms with E-state index in [2.05, 4.69) is 10.3 Å². The zero-order valence-electron chi connectivity index (χ0n) is 9.70. The number of halogens is 1. The molecule has 1 aliphatic rings. The lowest BCUT2D eigenvalue weighted by Crippen LogP contribution is -2.51. The molecule has 1 N–H and O–H groups in total. The molecule has 1 saturated heterocycles. The second-order valence-electron chi connectivity index (χ2n) is 4.53. The molecule has 1 aromatic rings. The van der Waals surface area contributed by atoms with Gasteiger partial charge in [0.25, 0.3) is 5.91 Å². The van der Waals surface area contributed by atoms with Gasteiger partial charge >= 0.3 is 0 Å². The Morgan fingerprint density at radius 1 is 1.65 bits per heavy atom. The summed E-state index contributed by atoms with van der Waals surface area (Å²) in [6.45, 7) is 3.29. The van der Waals surface area contributed by atoms with Gasteiger partial charge in [-0.2, -0.15) is 0 Å². The van der Waals surface area contributed by atoms with E-state index in [4.69, 9.17) is 16.3 Å². The molecule has 1 aromatic heterocycles.